The molecule has 0 heterocycles. The lowest BCUT2D eigenvalue weighted by molar-refractivity contribution is -0.137. The number of benzene rings is 1. The fourth-order valence-corrected chi connectivity index (χ4v) is 2.38. The highest BCUT2D eigenvalue weighted by atomic mass is 16.5. The van der Waals surface area contributed by atoms with Gasteiger partial charge in [0.2, 0.25) is 0 Å². The Hall–Kier alpha value is -1.51. The molecule has 0 aliphatic heterocycles. The Morgan fingerprint density at radius 1 is 1.32 bits per heavy atom. The van der Waals surface area contributed by atoms with E-state index in [1.807, 2.05) is 45.0 Å². The minimum atomic E-state index is -0.716. The molecule has 1 unspecified atom stereocenters. The molecular weight excluding hydrogens is 240 g/mol. The van der Waals surface area contributed by atoms with Gasteiger partial charge in [-0.3, -0.25) is 4.79 Å². The molecular formula is C16H22O3. The molecule has 2 rings (SSSR count). The van der Waals surface area contributed by atoms with Crippen molar-refractivity contribution in [1.29, 1.82) is 0 Å². The Balaban J connectivity index is 2.09. The Labute approximate surface area is 114 Å². The van der Waals surface area contributed by atoms with Crippen LogP contribution in [0.3, 0.4) is 0 Å². The molecule has 104 valence electrons. The minimum absolute atomic E-state index is 0.154. The van der Waals surface area contributed by atoms with Crippen LogP contribution in [0.2, 0.25) is 0 Å². The summed E-state index contributed by atoms with van der Waals surface area (Å²) in [6.07, 6.45) is 2.53. The lowest BCUT2D eigenvalue weighted by Gasteiger charge is -2.22. The molecule has 0 amide bonds. The third kappa shape index (κ3) is 4.27. The number of aliphatic carboxylic acids is 1. The molecule has 1 atom stereocenters. The van der Waals surface area contributed by atoms with Crippen molar-refractivity contribution in [2.24, 2.45) is 5.92 Å². The monoisotopic (exact) mass is 262 g/mol. The van der Waals surface area contributed by atoms with E-state index in [0.717, 1.165) is 24.2 Å². The van der Waals surface area contributed by atoms with Crippen LogP contribution in [0.5, 0.6) is 5.75 Å². The lowest BCUT2D eigenvalue weighted by Crippen LogP contribution is -2.22. The van der Waals surface area contributed by atoms with Gasteiger partial charge >= 0.3 is 5.97 Å². The maximum Gasteiger partial charge on any atom is 0.303 e. The van der Waals surface area contributed by atoms with Gasteiger partial charge in [-0.25, -0.2) is 0 Å². The van der Waals surface area contributed by atoms with E-state index in [1.54, 1.807) is 0 Å². The summed E-state index contributed by atoms with van der Waals surface area (Å²) in [6.45, 7) is 6.04. The van der Waals surface area contributed by atoms with Crippen LogP contribution in [0.25, 0.3) is 0 Å². The number of hydrogen-bond acceptors (Lipinski definition) is 2. The maximum atomic E-state index is 10.9. The van der Waals surface area contributed by atoms with Gasteiger partial charge in [0.1, 0.15) is 11.4 Å². The molecule has 3 heteroatoms. The molecule has 0 saturated heterocycles. The van der Waals surface area contributed by atoms with Crippen LogP contribution in [0, 0.1) is 5.92 Å². The van der Waals surface area contributed by atoms with E-state index in [4.69, 9.17) is 9.84 Å². The van der Waals surface area contributed by atoms with Crippen molar-refractivity contribution in [2.75, 3.05) is 0 Å². The zero-order chi connectivity index (χ0) is 14.0. The number of ether oxygens (including phenoxy) is 1. The van der Waals surface area contributed by atoms with E-state index >= 15 is 0 Å². The van der Waals surface area contributed by atoms with Gasteiger partial charge in [0.05, 0.1) is 6.42 Å². The van der Waals surface area contributed by atoms with Gasteiger partial charge in [-0.1, -0.05) is 12.1 Å². The number of carboxylic acid groups (broad SMARTS) is 1. The van der Waals surface area contributed by atoms with Gasteiger partial charge in [0.25, 0.3) is 0 Å². The molecule has 0 radical (unpaired) electrons. The van der Waals surface area contributed by atoms with Crippen molar-refractivity contribution in [3.05, 3.63) is 29.8 Å². The molecule has 1 aliphatic rings. The first-order chi connectivity index (χ1) is 8.85. The van der Waals surface area contributed by atoms with Gasteiger partial charge in [-0.15, -0.1) is 0 Å². The molecule has 1 aromatic rings. The van der Waals surface area contributed by atoms with Crippen LogP contribution in [0.4, 0.5) is 0 Å². The average Bonchev–Trinajstić information content (AvgIpc) is 3.08. The molecule has 1 aliphatic carbocycles. The van der Waals surface area contributed by atoms with Crippen molar-refractivity contribution in [2.45, 2.75) is 51.6 Å². The minimum Gasteiger partial charge on any atom is -0.488 e. The summed E-state index contributed by atoms with van der Waals surface area (Å²) in [5.74, 6) is 0.819. The zero-order valence-corrected chi connectivity index (χ0v) is 11.8. The topological polar surface area (TPSA) is 46.5 Å². The van der Waals surface area contributed by atoms with Crippen molar-refractivity contribution in [3.8, 4) is 5.75 Å². The summed E-state index contributed by atoms with van der Waals surface area (Å²) in [5, 5.41) is 9.00. The number of hydrogen-bond donors (Lipinski definition) is 1. The first-order valence-electron chi connectivity index (χ1n) is 6.86. The second-order valence-electron chi connectivity index (χ2n) is 6.33. The average molecular weight is 262 g/mol. The summed E-state index contributed by atoms with van der Waals surface area (Å²) in [7, 11) is 0. The molecule has 1 fully saturated rings. The quantitative estimate of drug-likeness (QED) is 0.877. The van der Waals surface area contributed by atoms with E-state index in [1.165, 1.54) is 0 Å². The second kappa shape index (κ2) is 5.24. The number of rotatable bonds is 5. The predicted octanol–water partition coefficient (Wildman–Crippen LogP) is 3.83. The summed E-state index contributed by atoms with van der Waals surface area (Å²) < 4.78 is 5.78. The van der Waals surface area contributed by atoms with Crippen molar-refractivity contribution >= 4 is 5.97 Å². The van der Waals surface area contributed by atoms with Crippen LogP contribution in [0.1, 0.15) is 51.5 Å². The van der Waals surface area contributed by atoms with Gasteiger partial charge < -0.3 is 9.84 Å². The van der Waals surface area contributed by atoms with E-state index in [0.29, 0.717) is 5.92 Å². The largest absolute Gasteiger partial charge is 0.488 e. The van der Waals surface area contributed by atoms with E-state index < -0.39 is 5.97 Å². The predicted molar refractivity (Wildman–Crippen MR) is 74.5 cm³/mol. The SMILES string of the molecule is CC(C)(C)Oc1ccc(C(CC(=O)O)C2CC2)cc1. The molecule has 1 aromatic carbocycles. The van der Waals surface area contributed by atoms with E-state index in [-0.39, 0.29) is 17.9 Å². The van der Waals surface area contributed by atoms with Crippen LogP contribution >= 0.6 is 0 Å². The standard InChI is InChI=1S/C16H22O3/c1-16(2,3)19-13-8-6-12(7-9-13)14(10-15(17)18)11-4-5-11/h6-9,11,14H,4-5,10H2,1-3H3,(H,17,18). The Kier molecular flexibility index (Phi) is 3.83. The summed E-state index contributed by atoms with van der Waals surface area (Å²) in [5.41, 5.74) is 0.907. The molecule has 1 N–H and O–H groups in total. The van der Waals surface area contributed by atoms with Crippen LogP contribution in [0.15, 0.2) is 24.3 Å². The Bertz CT molecular complexity index is 438. The summed E-state index contributed by atoms with van der Waals surface area (Å²) in [4.78, 5) is 10.9. The van der Waals surface area contributed by atoms with Crippen molar-refractivity contribution < 1.29 is 14.6 Å². The summed E-state index contributed by atoms with van der Waals surface area (Å²) in [6, 6.07) is 7.90. The molecule has 0 aromatic heterocycles. The van der Waals surface area contributed by atoms with Gasteiger partial charge in [-0.2, -0.15) is 0 Å². The third-order valence-corrected chi connectivity index (χ3v) is 3.32. The number of carbonyl (C=O) groups is 1. The second-order valence-corrected chi connectivity index (χ2v) is 6.33. The molecule has 0 spiro atoms. The highest BCUT2D eigenvalue weighted by molar-refractivity contribution is 5.68. The van der Waals surface area contributed by atoms with Crippen LogP contribution in [-0.2, 0) is 4.79 Å². The van der Waals surface area contributed by atoms with Gasteiger partial charge in [0, 0.05) is 0 Å². The maximum absolute atomic E-state index is 10.9. The van der Waals surface area contributed by atoms with Crippen molar-refractivity contribution in [1.82, 2.24) is 0 Å². The normalized spacial score (nSPS) is 17.0. The van der Waals surface area contributed by atoms with Gasteiger partial charge in [-0.05, 0) is 63.1 Å². The zero-order valence-electron chi connectivity index (χ0n) is 11.8. The lowest BCUT2D eigenvalue weighted by atomic mass is 9.91. The first-order valence-corrected chi connectivity index (χ1v) is 6.86. The Morgan fingerprint density at radius 3 is 2.32 bits per heavy atom. The molecule has 3 nitrogen and oxygen atoms in total. The smallest absolute Gasteiger partial charge is 0.303 e. The highest BCUT2D eigenvalue weighted by Crippen LogP contribution is 2.44. The molecule has 0 bridgehead atoms. The number of carboxylic acids is 1. The molecule has 1 saturated carbocycles. The van der Waals surface area contributed by atoms with E-state index in [2.05, 4.69) is 0 Å². The fraction of sp³-hybridized carbons (Fsp3) is 0.562. The van der Waals surface area contributed by atoms with E-state index in [9.17, 15) is 4.79 Å². The Morgan fingerprint density at radius 2 is 1.89 bits per heavy atom. The summed E-state index contributed by atoms with van der Waals surface area (Å²) >= 11 is 0. The van der Waals surface area contributed by atoms with Crippen LogP contribution < -0.4 is 4.74 Å². The highest BCUT2D eigenvalue weighted by Gasteiger charge is 2.33. The molecule has 19 heavy (non-hydrogen) atoms. The third-order valence-electron chi connectivity index (χ3n) is 3.32. The van der Waals surface area contributed by atoms with Crippen LogP contribution in [-0.4, -0.2) is 16.7 Å². The van der Waals surface area contributed by atoms with Gasteiger partial charge in [0.15, 0.2) is 0 Å². The first kappa shape index (κ1) is 13.9. The van der Waals surface area contributed by atoms with Crippen molar-refractivity contribution in [3.63, 3.8) is 0 Å². The fourth-order valence-electron chi connectivity index (χ4n) is 2.38.